The van der Waals surface area contributed by atoms with E-state index in [1.807, 2.05) is 0 Å². The molecule has 1 unspecified atom stereocenters. The van der Waals surface area contributed by atoms with E-state index in [0.717, 1.165) is 0 Å². The lowest BCUT2D eigenvalue weighted by Gasteiger charge is -2.28. The minimum Gasteiger partial charge on any atom is -0.379 e. The molecular weight excluding hydrogens is 278 g/mol. The number of amides is 3. The number of hydrogen-bond donors (Lipinski definition) is 1. The predicted octanol–water partition coefficient (Wildman–Crippen LogP) is -0.0610. The number of urea groups is 1. The Morgan fingerprint density at radius 2 is 2.06 bits per heavy atom. The van der Waals surface area contributed by atoms with E-state index in [1.165, 1.54) is 4.90 Å². The molecular formula is C9H14BrN3O3. The zero-order chi connectivity index (χ0) is 11.5. The number of nitrogens with one attached hydrogen (secondary N) is 1. The third-order valence-corrected chi connectivity index (χ3v) is 3.50. The van der Waals surface area contributed by atoms with Crippen molar-refractivity contribution < 1.29 is 14.3 Å². The van der Waals surface area contributed by atoms with Crippen molar-refractivity contribution in [2.75, 3.05) is 32.8 Å². The number of halogens is 1. The number of hydrogen-bond acceptors (Lipinski definition) is 4. The minimum atomic E-state index is -0.339. The quantitative estimate of drug-likeness (QED) is 0.688. The highest BCUT2D eigenvalue weighted by molar-refractivity contribution is 9.10. The maximum Gasteiger partial charge on any atom is 0.338 e. The van der Waals surface area contributed by atoms with Gasteiger partial charge in [0.2, 0.25) is 5.91 Å². The van der Waals surface area contributed by atoms with Crippen LogP contribution in [0.3, 0.4) is 0 Å². The van der Waals surface area contributed by atoms with Crippen molar-refractivity contribution in [3.8, 4) is 0 Å². The van der Waals surface area contributed by atoms with Gasteiger partial charge in [0.1, 0.15) is 0 Å². The van der Waals surface area contributed by atoms with Crippen LogP contribution in [0.25, 0.3) is 0 Å². The van der Waals surface area contributed by atoms with Gasteiger partial charge in [-0.25, -0.2) is 9.80 Å². The average Bonchev–Trinajstić information content (AvgIpc) is 2.61. The Labute approximate surface area is 102 Å². The molecule has 0 aromatic heterocycles. The van der Waals surface area contributed by atoms with E-state index < -0.39 is 0 Å². The van der Waals surface area contributed by atoms with Crippen LogP contribution in [0.1, 0.15) is 6.42 Å². The molecule has 2 heterocycles. The summed E-state index contributed by atoms with van der Waals surface area (Å²) in [6.07, 6.45) is 0.676. The highest BCUT2D eigenvalue weighted by Gasteiger charge is 2.34. The van der Waals surface area contributed by atoms with Crippen molar-refractivity contribution in [3.05, 3.63) is 0 Å². The molecule has 0 radical (unpaired) electrons. The van der Waals surface area contributed by atoms with Crippen molar-refractivity contribution in [2.24, 2.45) is 0 Å². The van der Waals surface area contributed by atoms with Crippen molar-refractivity contribution in [2.45, 2.75) is 11.2 Å². The van der Waals surface area contributed by atoms with Crippen LogP contribution in [-0.2, 0) is 9.53 Å². The largest absolute Gasteiger partial charge is 0.379 e. The standard InChI is InChI=1S/C9H14BrN3O3/c10-7-1-2-13(8(7)14)9(15)11-12-3-5-16-6-4-12/h7H,1-6H2,(H,11,15). The molecule has 2 aliphatic heterocycles. The summed E-state index contributed by atoms with van der Waals surface area (Å²) in [5.41, 5.74) is 2.71. The van der Waals surface area contributed by atoms with E-state index in [4.69, 9.17) is 4.74 Å². The highest BCUT2D eigenvalue weighted by atomic mass is 79.9. The summed E-state index contributed by atoms with van der Waals surface area (Å²) in [5.74, 6) is -0.161. The fourth-order valence-electron chi connectivity index (χ4n) is 1.72. The molecule has 0 spiro atoms. The number of ether oxygens (including phenoxy) is 1. The van der Waals surface area contributed by atoms with E-state index in [2.05, 4.69) is 21.4 Å². The number of hydrazine groups is 1. The van der Waals surface area contributed by atoms with E-state index in [1.54, 1.807) is 5.01 Å². The van der Waals surface area contributed by atoms with E-state index in [-0.39, 0.29) is 16.8 Å². The van der Waals surface area contributed by atoms with Crippen LogP contribution in [0.15, 0.2) is 0 Å². The number of alkyl halides is 1. The summed E-state index contributed by atoms with van der Waals surface area (Å²) in [4.78, 5) is 24.3. The predicted molar refractivity (Wildman–Crippen MR) is 60.0 cm³/mol. The molecule has 7 heteroatoms. The second-order valence-corrected chi connectivity index (χ2v) is 4.87. The first kappa shape index (κ1) is 11.8. The second kappa shape index (κ2) is 5.11. The number of carbonyl (C=O) groups excluding carboxylic acids is 2. The Morgan fingerprint density at radius 3 is 2.62 bits per heavy atom. The second-order valence-electron chi connectivity index (χ2n) is 3.76. The van der Waals surface area contributed by atoms with Gasteiger partial charge < -0.3 is 4.74 Å². The Morgan fingerprint density at radius 1 is 1.38 bits per heavy atom. The van der Waals surface area contributed by atoms with Gasteiger partial charge in [-0.1, -0.05) is 15.9 Å². The van der Waals surface area contributed by atoms with Crippen LogP contribution in [0.4, 0.5) is 4.79 Å². The van der Waals surface area contributed by atoms with Crippen LogP contribution < -0.4 is 5.43 Å². The Hall–Kier alpha value is -0.660. The number of morpholine rings is 1. The molecule has 3 amide bonds. The summed E-state index contributed by atoms with van der Waals surface area (Å²) >= 11 is 3.23. The molecule has 2 fully saturated rings. The molecule has 16 heavy (non-hydrogen) atoms. The average molecular weight is 292 g/mol. The Kier molecular flexibility index (Phi) is 3.78. The first-order valence-electron chi connectivity index (χ1n) is 5.27. The summed E-state index contributed by atoms with van der Waals surface area (Å²) in [5, 5.41) is 1.78. The highest BCUT2D eigenvalue weighted by Crippen LogP contribution is 2.18. The van der Waals surface area contributed by atoms with Gasteiger partial charge in [0.15, 0.2) is 0 Å². The molecule has 1 atom stereocenters. The SMILES string of the molecule is O=C(NN1CCOCC1)N1CCC(Br)C1=O. The normalized spacial score (nSPS) is 27.2. The molecule has 0 aromatic carbocycles. The first-order chi connectivity index (χ1) is 7.68. The van der Waals surface area contributed by atoms with Gasteiger partial charge in [-0.15, -0.1) is 0 Å². The fraction of sp³-hybridized carbons (Fsp3) is 0.778. The first-order valence-corrected chi connectivity index (χ1v) is 6.19. The third kappa shape index (κ3) is 2.53. The smallest absolute Gasteiger partial charge is 0.338 e. The van der Waals surface area contributed by atoms with Crippen LogP contribution in [-0.4, -0.2) is 59.5 Å². The summed E-state index contributed by atoms with van der Waals surface area (Å²) in [7, 11) is 0. The van der Waals surface area contributed by atoms with Gasteiger partial charge in [-0.3, -0.25) is 15.1 Å². The third-order valence-electron chi connectivity index (χ3n) is 2.65. The Bertz CT molecular complexity index is 294. The van der Waals surface area contributed by atoms with Crippen LogP contribution in [0.2, 0.25) is 0 Å². The van der Waals surface area contributed by atoms with Crippen molar-refractivity contribution in [1.29, 1.82) is 0 Å². The number of likely N-dealkylation sites (tertiary alicyclic amines) is 1. The fourth-order valence-corrected chi connectivity index (χ4v) is 2.17. The van der Waals surface area contributed by atoms with Gasteiger partial charge in [0.25, 0.3) is 0 Å². The van der Waals surface area contributed by atoms with Gasteiger partial charge in [0, 0.05) is 19.6 Å². The molecule has 0 bridgehead atoms. The molecule has 2 saturated heterocycles. The molecule has 0 aromatic rings. The van der Waals surface area contributed by atoms with Gasteiger partial charge >= 0.3 is 6.03 Å². The van der Waals surface area contributed by atoms with Crippen LogP contribution >= 0.6 is 15.9 Å². The van der Waals surface area contributed by atoms with E-state index >= 15 is 0 Å². The monoisotopic (exact) mass is 291 g/mol. The molecule has 0 saturated carbocycles. The van der Waals surface area contributed by atoms with Gasteiger partial charge in [-0.05, 0) is 6.42 Å². The van der Waals surface area contributed by atoms with Crippen LogP contribution in [0, 0.1) is 0 Å². The van der Waals surface area contributed by atoms with E-state index in [9.17, 15) is 9.59 Å². The minimum absolute atomic E-state index is 0.161. The maximum atomic E-state index is 11.8. The lowest BCUT2D eigenvalue weighted by atomic mass is 10.4. The lowest BCUT2D eigenvalue weighted by Crippen LogP contribution is -2.53. The van der Waals surface area contributed by atoms with Gasteiger partial charge in [0.05, 0.1) is 18.0 Å². The molecule has 1 N–H and O–H groups in total. The summed E-state index contributed by atoms with van der Waals surface area (Å²) < 4.78 is 5.16. The Balaban J connectivity index is 1.85. The van der Waals surface area contributed by atoms with Crippen LogP contribution in [0.5, 0.6) is 0 Å². The zero-order valence-corrected chi connectivity index (χ0v) is 10.4. The molecule has 0 aliphatic carbocycles. The van der Waals surface area contributed by atoms with Crippen molar-refractivity contribution in [3.63, 3.8) is 0 Å². The molecule has 6 nitrogen and oxygen atoms in total. The number of nitrogens with zero attached hydrogens (tertiary/aromatic N) is 2. The van der Waals surface area contributed by atoms with Gasteiger partial charge in [-0.2, -0.15) is 0 Å². The summed E-state index contributed by atoms with van der Waals surface area (Å²) in [6, 6.07) is -0.339. The van der Waals surface area contributed by atoms with E-state index in [0.29, 0.717) is 39.3 Å². The maximum absolute atomic E-state index is 11.8. The number of rotatable bonds is 1. The molecule has 2 aliphatic rings. The zero-order valence-electron chi connectivity index (χ0n) is 8.82. The van der Waals surface area contributed by atoms with Crippen molar-refractivity contribution >= 4 is 27.9 Å². The number of carbonyl (C=O) groups is 2. The number of imide groups is 1. The topological polar surface area (TPSA) is 61.9 Å². The molecule has 2 rings (SSSR count). The van der Waals surface area contributed by atoms with Crippen molar-refractivity contribution in [1.82, 2.24) is 15.3 Å². The molecule has 90 valence electrons. The summed E-state index contributed by atoms with van der Waals surface area (Å²) in [6.45, 7) is 3.01. The lowest BCUT2D eigenvalue weighted by molar-refractivity contribution is -0.124.